The van der Waals surface area contributed by atoms with Crippen LogP contribution in [0.5, 0.6) is 0 Å². The number of hydrogen-bond donors (Lipinski definition) is 2. The van der Waals surface area contributed by atoms with Crippen LogP contribution in [0.2, 0.25) is 0 Å². The Kier molecular flexibility index (Phi) is 6.61. The zero-order chi connectivity index (χ0) is 15.0. The van der Waals surface area contributed by atoms with Crippen molar-refractivity contribution >= 4 is 12.1 Å². The average Bonchev–Trinajstić information content (AvgIpc) is 2.61. The second kappa shape index (κ2) is 7.97. The van der Waals surface area contributed by atoms with Gasteiger partial charge in [0.05, 0.1) is 6.54 Å². The number of nitrogens with one attached hydrogen (secondary N) is 1. The monoisotopic (exact) mass is 284 g/mol. The van der Waals surface area contributed by atoms with Crippen molar-refractivity contribution in [3.63, 3.8) is 0 Å². The van der Waals surface area contributed by atoms with Crippen LogP contribution in [0.3, 0.4) is 0 Å². The predicted octanol–water partition coefficient (Wildman–Crippen LogP) is 1.70. The summed E-state index contributed by atoms with van der Waals surface area (Å²) in [6.07, 6.45) is 4.47. The molecule has 0 bridgehead atoms. The van der Waals surface area contributed by atoms with Gasteiger partial charge < -0.3 is 20.7 Å². The Bertz CT molecular complexity index is 329. The Morgan fingerprint density at radius 2 is 1.85 bits per heavy atom. The molecule has 1 rings (SSSR count). The average molecular weight is 284 g/mol. The van der Waals surface area contributed by atoms with Crippen molar-refractivity contribution in [1.29, 1.82) is 0 Å². The largest absolute Gasteiger partial charge is 0.444 e. The van der Waals surface area contributed by atoms with E-state index in [9.17, 15) is 4.79 Å². The van der Waals surface area contributed by atoms with E-state index in [1.54, 1.807) is 0 Å². The fraction of sp³-hybridized carbons (Fsp3) is 0.857. The number of ether oxygens (including phenoxy) is 1. The molecular formula is C14H28N4O2. The molecule has 1 fully saturated rings. The number of rotatable bonds is 3. The molecule has 0 spiro atoms. The highest BCUT2D eigenvalue weighted by molar-refractivity contribution is 5.78. The molecule has 3 N–H and O–H groups in total. The number of nitrogens with two attached hydrogens (primary N) is 1. The van der Waals surface area contributed by atoms with Gasteiger partial charge in [-0.3, -0.25) is 4.99 Å². The Morgan fingerprint density at radius 3 is 2.40 bits per heavy atom. The Balaban J connectivity index is 2.24. The molecule has 0 atom stereocenters. The molecular weight excluding hydrogens is 256 g/mol. The predicted molar refractivity (Wildman–Crippen MR) is 80.8 cm³/mol. The van der Waals surface area contributed by atoms with Crippen molar-refractivity contribution in [2.24, 2.45) is 10.7 Å². The maximum atomic E-state index is 11.4. The number of likely N-dealkylation sites (tertiary alicyclic amines) is 1. The first kappa shape index (κ1) is 16.6. The van der Waals surface area contributed by atoms with Crippen molar-refractivity contribution in [3.8, 4) is 0 Å². The van der Waals surface area contributed by atoms with E-state index >= 15 is 0 Å². The first-order valence-electron chi connectivity index (χ1n) is 7.40. The van der Waals surface area contributed by atoms with Gasteiger partial charge in [-0.05, 0) is 33.6 Å². The number of guanidine groups is 1. The quantitative estimate of drug-likeness (QED) is 0.469. The van der Waals surface area contributed by atoms with Gasteiger partial charge >= 0.3 is 6.09 Å². The van der Waals surface area contributed by atoms with Gasteiger partial charge in [0.1, 0.15) is 5.60 Å². The van der Waals surface area contributed by atoms with E-state index in [0.29, 0.717) is 19.0 Å². The molecule has 0 radical (unpaired) electrons. The lowest BCUT2D eigenvalue weighted by Crippen LogP contribution is -2.39. The summed E-state index contributed by atoms with van der Waals surface area (Å²) in [5, 5.41) is 2.67. The molecule has 1 heterocycles. The number of carbonyl (C=O) groups excluding carboxylic acids is 1. The van der Waals surface area contributed by atoms with Crippen LogP contribution in [0.15, 0.2) is 4.99 Å². The summed E-state index contributed by atoms with van der Waals surface area (Å²) in [6, 6.07) is 0. The first-order valence-corrected chi connectivity index (χ1v) is 7.40. The molecule has 1 saturated heterocycles. The molecule has 1 aliphatic heterocycles. The van der Waals surface area contributed by atoms with Crippen molar-refractivity contribution in [2.75, 3.05) is 26.2 Å². The summed E-state index contributed by atoms with van der Waals surface area (Å²) < 4.78 is 5.14. The van der Waals surface area contributed by atoms with Gasteiger partial charge in [-0.15, -0.1) is 0 Å². The van der Waals surface area contributed by atoms with E-state index in [0.717, 1.165) is 13.1 Å². The van der Waals surface area contributed by atoms with Crippen molar-refractivity contribution in [3.05, 3.63) is 0 Å². The van der Waals surface area contributed by atoms with Gasteiger partial charge in [0.2, 0.25) is 0 Å². The van der Waals surface area contributed by atoms with Gasteiger partial charge in [-0.1, -0.05) is 12.8 Å². The molecule has 0 aromatic rings. The van der Waals surface area contributed by atoms with E-state index in [1.807, 2.05) is 20.8 Å². The maximum absolute atomic E-state index is 11.4. The van der Waals surface area contributed by atoms with Crippen LogP contribution < -0.4 is 11.1 Å². The minimum Gasteiger partial charge on any atom is -0.444 e. The number of hydrogen-bond acceptors (Lipinski definition) is 3. The Labute approximate surface area is 121 Å². The van der Waals surface area contributed by atoms with Gasteiger partial charge in [-0.2, -0.15) is 0 Å². The summed E-state index contributed by atoms with van der Waals surface area (Å²) >= 11 is 0. The van der Waals surface area contributed by atoms with E-state index in [4.69, 9.17) is 10.5 Å². The van der Waals surface area contributed by atoms with Crippen LogP contribution in [0.1, 0.15) is 46.5 Å². The normalized spacial score (nSPS) is 17.6. The molecule has 0 aliphatic carbocycles. The Morgan fingerprint density at radius 1 is 1.25 bits per heavy atom. The van der Waals surface area contributed by atoms with Crippen LogP contribution in [-0.4, -0.2) is 48.7 Å². The molecule has 116 valence electrons. The lowest BCUT2D eigenvalue weighted by Gasteiger charge is -2.21. The molecule has 0 unspecified atom stereocenters. The Hall–Kier alpha value is -1.46. The molecule has 20 heavy (non-hydrogen) atoms. The number of alkyl carbamates (subject to hydrolysis) is 1. The van der Waals surface area contributed by atoms with Crippen LogP contribution >= 0.6 is 0 Å². The van der Waals surface area contributed by atoms with Gasteiger partial charge in [0.25, 0.3) is 0 Å². The summed E-state index contributed by atoms with van der Waals surface area (Å²) in [5.41, 5.74) is 5.49. The number of amides is 1. The van der Waals surface area contributed by atoms with Gasteiger partial charge in [0.15, 0.2) is 5.96 Å². The van der Waals surface area contributed by atoms with E-state index in [-0.39, 0.29) is 0 Å². The third-order valence-electron chi connectivity index (χ3n) is 2.98. The minimum absolute atomic E-state index is 0.416. The topological polar surface area (TPSA) is 79.9 Å². The maximum Gasteiger partial charge on any atom is 0.407 e. The van der Waals surface area contributed by atoms with E-state index < -0.39 is 11.7 Å². The van der Waals surface area contributed by atoms with Crippen LogP contribution in [0, 0.1) is 0 Å². The fourth-order valence-corrected chi connectivity index (χ4v) is 2.04. The lowest BCUT2D eigenvalue weighted by atomic mass is 10.2. The number of aliphatic imine (C=N–C) groups is 1. The second-order valence-electron chi connectivity index (χ2n) is 6.07. The van der Waals surface area contributed by atoms with Crippen LogP contribution in [0.25, 0.3) is 0 Å². The molecule has 0 aromatic heterocycles. The molecule has 0 aromatic carbocycles. The number of nitrogens with zero attached hydrogens (tertiary/aromatic N) is 2. The van der Waals surface area contributed by atoms with E-state index in [2.05, 4.69) is 15.2 Å². The smallest absolute Gasteiger partial charge is 0.407 e. The second-order valence-corrected chi connectivity index (χ2v) is 6.07. The van der Waals surface area contributed by atoms with Crippen molar-refractivity contribution in [2.45, 2.75) is 52.1 Å². The number of carbonyl (C=O) groups is 1. The third kappa shape index (κ3) is 7.21. The highest BCUT2D eigenvalue weighted by Crippen LogP contribution is 2.09. The van der Waals surface area contributed by atoms with Crippen molar-refractivity contribution in [1.82, 2.24) is 10.2 Å². The zero-order valence-electron chi connectivity index (χ0n) is 12.9. The molecule has 1 amide bonds. The summed E-state index contributed by atoms with van der Waals surface area (Å²) in [6.45, 7) is 8.38. The van der Waals surface area contributed by atoms with Gasteiger partial charge in [-0.25, -0.2) is 4.79 Å². The molecule has 6 nitrogen and oxygen atoms in total. The zero-order valence-corrected chi connectivity index (χ0v) is 12.9. The van der Waals surface area contributed by atoms with Crippen LogP contribution in [0.4, 0.5) is 4.79 Å². The molecule has 6 heteroatoms. The third-order valence-corrected chi connectivity index (χ3v) is 2.98. The molecule has 0 saturated carbocycles. The summed E-state index contributed by atoms with van der Waals surface area (Å²) in [7, 11) is 0. The minimum atomic E-state index is -0.474. The fourth-order valence-electron chi connectivity index (χ4n) is 2.04. The molecule has 1 aliphatic rings. The highest BCUT2D eigenvalue weighted by Gasteiger charge is 2.15. The summed E-state index contributed by atoms with van der Waals surface area (Å²) in [5.74, 6) is 0.581. The van der Waals surface area contributed by atoms with Gasteiger partial charge in [0, 0.05) is 19.6 Å². The lowest BCUT2D eigenvalue weighted by molar-refractivity contribution is 0.0529. The van der Waals surface area contributed by atoms with Crippen LogP contribution in [-0.2, 0) is 4.74 Å². The van der Waals surface area contributed by atoms with E-state index in [1.165, 1.54) is 25.7 Å². The highest BCUT2D eigenvalue weighted by atomic mass is 16.6. The SMILES string of the molecule is CC(C)(C)OC(=O)NCCN=C(N)N1CCCCCC1. The standard InChI is InChI=1S/C14H28N4O2/c1-14(2,3)20-13(19)17-9-8-16-12(15)18-10-6-4-5-7-11-18/h4-11H2,1-3H3,(H2,15,16)(H,17,19). The van der Waals surface area contributed by atoms with Crippen molar-refractivity contribution < 1.29 is 9.53 Å². The first-order chi connectivity index (χ1) is 9.38. The summed E-state index contributed by atoms with van der Waals surface area (Å²) in [4.78, 5) is 17.9.